The minimum atomic E-state index is -0.292. The molecule has 0 spiro atoms. The Morgan fingerprint density at radius 2 is 2.23 bits per heavy atom. The van der Waals surface area contributed by atoms with Crippen molar-refractivity contribution in [3.63, 3.8) is 0 Å². The number of methoxy groups -OCH3 is 1. The van der Waals surface area contributed by atoms with Crippen molar-refractivity contribution in [3.8, 4) is 22.1 Å². The molecule has 2 aromatic carbocycles. The molecular formula is C19H18N2O4S. The molecule has 0 aliphatic carbocycles. The van der Waals surface area contributed by atoms with Gasteiger partial charge in [0.25, 0.3) is 0 Å². The fourth-order valence-corrected chi connectivity index (χ4v) is 4.01. The summed E-state index contributed by atoms with van der Waals surface area (Å²) in [6.07, 6.45) is 0. The second-order valence-electron chi connectivity index (χ2n) is 6.11. The van der Waals surface area contributed by atoms with Crippen LogP contribution in [0.2, 0.25) is 0 Å². The van der Waals surface area contributed by atoms with E-state index in [1.807, 2.05) is 35.2 Å². The quantitative estimate of drug-likeness (QED) is 0.715. The number of hydrogen-bond acceptors (Lipinski definition) is 7. The Morgan fingerprint density at radius 3 is 3.04 bits per heavy atom. The van der Waals surface area contributed by atoms with Crippen molar-refractivity contribution in [1.82, 2.24) is 9.88 Å². The van der Waals surface area contributed by atoms with Crippen molar-refractivity contribution in [3.05, 3.63) is 42.0 Å². The number of rotatable bonds is 3. The predicted molar refractivity (Wildman–Crippen MR) is 99.5 cm³/mol. The van der Waals surface area contributed by atoms with Crippen LogP contribution >= 0.6 is 11.3 Å². The van der Waals surface area contributed by atoms with E-state index in [9.17, 15) is 9.90 Å². The van der Waals surface area contributed by atoms with Gasteiger partial charge in [-0.05, 0) is 24.3 Å². The van der Waals surface area contributed by atoms with Gasteiger partial charge in [-0.25, -0.2) is 4.98 Å². The smallest absolute Gasteiger partial charge is 0.319 e. The number of phenolic OH excluding ortho intramolecular Hbond substituents is 1. The summed E-state index contributed by atoms with van der Waals surface area (Å²) in [5, 5.41) is 11.3. The van der Waals surface area contributed by atoms with Crippen molar-refractivity contribution in [2.75, 3.05) is 26.8 Å². The van der Waals surface area contributed by atoms with Gasteiger partial charge in [-0.3, -0.25) is 9.69 Å². The standard InChI is InChI=1S/C19H18N2O4S/c1-24-17(23)11-21-6-7-25-18-13(10-21)8-12(9-15(18)22)19-20-14-4-2-3-5-16(14)26-19/h2-5,8-9,22H,6-7,10-11H2,1H3. The summed E-state index contributed by atoms with van der Waals surface area (Å²) in [4.78, 5) is 18.2. The number of fused-ring (bicyclic) bond motifs is 2. The fourth-order valence-electron chi connectivity index (χ4n) is 3.05. The second-order valence-corrected chi connectivity index (χ2v) is 7.14. The highest BCUT2D eigenvalue weighted by atomic mass is 32.1. The number of para-hydroxylation sites is 1. The lowest BCUT2D eigenvalue weighted by Gasteiger charge is -2.17. The number of thiazole rings is 1. The number of carbonyl (C=O) groups excluding carboxylic acids is 1. The van der Waals surface area contributed by atoms with Gasteiger partial charge in [-0.15, -0.1) is 11.3 Å². The third-order valence-electron chi connectivity index (χ3n) is 4.32. The van der Waals surface area contributed by atoms with Crippen LogP contribution in [-0.4, -0.2) is 47.8 Å². The Labute approximate surface area is 154 Å². The fraction of sp³-hybridized carbons (Fsp3) is 0.263. The molecule has 0 saturated heterocycles. The molecule has 0 saturated carbocycles. The molecule has 1 N–H and O–H groups in total. The first-order valence-electron chi connectivity index (χ1n) is 8.28. The van der Waals surface area contributed by atoms with E-state index < -0.39 is 0 Å². The lowest BCUT2D eigenvalue weighted by Crippen LogP contribution is -2.31. The molecule has 0 unspecified atom stereocenters. The Balaban J connectivity index is 1.70. The van der Waals surface area contributed by atoms with Crippen molar-refractivity contribution in [1.29, 1.82) is 0 Å². The van der Waals surface area contributed by atoms with E-state index in [1.54, 1.807) is 17.4 Å². The maximum Gasteiger partial charge on any atom is 0.319 e. The van der Waals surface area contributed by atoms with Gasteiger partial charge >= 0.3 is 5.97 Å². The van der Waals surface area contributed by atoms with Gasteiger partial charge in [-0.2, -0.15) is 0 Å². The monoisotopic (exact) mass is 370 g/mol. The first kappa shape index (κ1) is 16.8. The Hall–Kier alpha value is -2.64. The molecule has 3 aromatic rings. The minimum absolute atomic E-state index is 0.0941. The zero-order valence-electron chi connectivity index (χ0n) is 14.3. The highest BCUT2D eigenvalue weighted by Gasteiger charge is 2.22. The van der Waals surface area contributed by atoms with Crippen molar-refractivity contribution < 1.29 is 19.4 Å². The van der Waals surface area contributed by atoms with Crippen LogP contribution in [0.1, 0.15) is 5.56 Å². The molecule has 1 aliphatic rings. The van der Waals surface area contributed by atoms with Crippen LogP contribution in [0.4, 0.5) is 0 Å². The lowest BCUT2D eigenvalue weighted by molar-refractivity contribution is -0.142. The first-order valence-corrected chi connectivity index (χ1v) is 9.09. The van der Waals surface area contributed by atoms with Crippen LogP contribution in [-0.2, 0) is 16.1 Å². The Bertz CT molecular complexity index is 936. The van der Waals surface area contributed by atoms with Crippen LogP contribution in [0, 0.1) is 0 Å². The summed E-state index contributed by atoms with van der Waals surface area (Å²) >= 11 is 1.58. The summed E-state index contributed by atoms with van der Waals surface area (Å²) in [6, 6.07) is 11.6. The summed E-state index contributed by atoms with van der Waals surface area (Å²) in [6.45, 7) is 1.67. The van der Waals surface area contributed by atoms with Crippen molar-refractivity contribution in [2.24, 2.45) is 0 Å². The molecule has 0 amide bonds. The van der Waals surface area contributed by atoms with Gasteiger partial charge in [0.05, 0.1) is 23.9 Å². The van der Waals surface area contributed by atoms with E-state index in [1.165, 1.54) is 7.11 Å². The Morgan fingerprint density at radius 1 is 1.38 bits per heavy atom. The molecule has 6 nitrogen and oxygen atoms in total. The molecule has 0 radical (unpaired) electrons. The second kappa shape index (κ2) is 6.93. The molecule has 1 aliphatic heterocycles. The average Bonchev–Trinajstić information content (AvgIpc) is 2.97. The van der Waals surface area contributed by atoms with E-state index in [4.69, 9.17) is 9.47 Å². The average molecular weight is 370 g/mol. The maximum atomic E-state index is 11.6. The van der Waals surface area contributed by atoms with E-state index in [0.717, 1.165) is 26.4 Å². The zero-order chi connectivity index (χ0) is 18.1. The third kappa shape index (κ3) is 3.23. The highest BCUT2D eigenvalue weighted by Crippen LogP contribution is 2.39. The third-order valence-corrected chi connectivity index (χ3v) is 5.40. The van der Waals surface area contributed by atoms with E-state index in [-0.39, 0.29) is 18.3 Å². The van der Waals surface area contributed by atoms with Gasteiger partial charge in [0, 0.05) is 24.2 Å². The zero-order valence-corrected chi connectivity index (χ0v) is 15.1. The Kier molecular flexibility index (Phi) is 4.48. The van der Waals surface area contributed by atoms with Crippen LogP contribution in [0.25, 0.3) is 20.8 Å². The van der Waals surface area contributed by atoms with Crippen LogP contribution in [0.15, 0.2) is 36.4 Å². The summed E-state index contributed by atoms with van der Waals surface area (Å²) in [7, 11) is 1.38. The van der Waals surface area contributed by atoms with Gasteiger partial charge in [0.2, 0.25) is 0 Å². The number of hydrogen-bond donors (Lipinski definition) is 1. The number of aromatic nitrogens is 1. The molecule has 4 rings (SSSR count). The molecule has 1 aromatic heterocycles. The molecule has 0 fully saturated rings. The summed E-state index contributed by atoms with van der Waals surface area (Å²) in [5.41, 5.74) is 2.61. The number of phenols is 1. The van der Waals surface area contributed by atoms with E-state index in [2.05, 4.69) is 4.98 Å². The maximum absolute atomic E-state index is 11.6. The number of carbonyl (C=O) groups is 1. The molecule has 7 heteroatoms. The number of esters is 1. The summed E-state index contributed by atoms with van der Waals surface area (Å²) < 4.78 is 11.6. The van der Waals surface area contributed by atoms with Gasteiger partial charge in [0.15, 0.2) is 11.5 Å². The molecule has 0 bridgehead atoms. The van der Waals surface area contributed by atoms with Crippen LogP contribution in [0.5, 0.6) is 11.5 Å². The highest BCUT2D eigenvalue weighted by molar-refractivity contribution is 7.21. The number of benzene rings is 2. The van der Waals surface area contributed by atoms with Crippen molar-refractivity contribution in [2.45, 2.75) is 6.54 Å². The molecule has 2 heterocycles. The first-order chi connectivity index (χ1) is 12.6. The molecular weight excluding hydrogens is 352 g/mol. The van der Waals surface area contributed by atoms with E-state index >= 15 is 0 Å². The van der Waals surface area contributed by atoms with Crippen LogP contribution in [0.3, 0.4) is 0 Å². The van der Waals surface area contributed by atoms with Gasteiger partial charge in [0.1, 0.15) is 11.6 Å². The van der Waals surface area contributed by atoms with E-state index in [0.29, 0.717) is 25.4 Å². The number of ether oxygens (including phenoxy) is 2. The molecule has 134 valence electrons. The van der Waals surface area contributed by atoms with Crippen LogP contribution < -0.4 is 4.74 Å². The molecule has 26 heavy (non-hydrogen) atoms. The number of aromatic hydroxyl groups is 1. The molecule has 0 atom stereocenters. The lowest BCUT2D eigenvalue weighted by atomic mass is 10.1. The summed E-state index contributed by atoms with van der Waals surface area (Å²) in [5.74, 6) is 0.277. The predicted octanol–water partition coefficient (Wildman–Crippen LogP) is 3.04. The topological polar surface area (TPSA) is 71.9 Å². The SMILES string of the molecule is COC(=O)CN1CCOc2c(O)cc(-c3nc4ccccc4s3)cc2C1. The van der Waals surface area contributed by atoms with Gasteiger partial charge < -0.3 is 14.6 Å². The largest absolute Gasteiger partial charge is 0.504 e. The minimum Gasteiger partial charge on any atom is -0.504 e. The van der Waals surface area contributed by atoms with Crippen molar-refractivity contribution >= 4 is 27.5 Å². The van der Waals surface area contributed by atoms with Gasteiger partial charge in [-0.1, -0.05) is 12.1 Å². The number of nitrogens with zero attached hydrogens (tertiary/aromatic N) is 2. The normalized spacial score (nSPS) is 14.5.